The highest BCUT2D eigenvalue weighted by atomic mass is 15.2. The van der Waals surface area contributed by atoms with Crippen LogP contribution in [-0.2, 0) is 0 Å². The van der Waals surface area contributed by atoms with E-state index in [1.165, 1.54) is 77.4 Å². The molecule has 3 atom stereocenters. The first-order chi connectivity index (χ1) is 9.33. The molecule has 1 N–H and O–H groups in total. The van der Waals surface area contributed by atoms with Crippen molar-refractivity contribution < 1.29 is 0 Å². The maximum absolute atomic E-state index is 3.81. The zero-order valence-electron chi connectivity index (χ0n) is 12.7. The predicted molar refractivity (Wildman–Crippen MR) is 81.4 cm³/mol. The van der Waals surface area contributed by atoms with Crippen LogP contribution in [0.15, 0.2) is 0 Å². The molecule has 2 aliphatic carbocycles. The number of fused-ring (bicyclic) bond motifs is 1. The van der Waals surface area contributed by atoms with E-state index >= 15 is 0 Å². The number of nitrogens with zero attached hydrogens (tertiary/aromatic N) is 1. The SMILES string of the molecule is CC(CNC1CCCC1)N1CCC2CCCCC2C1. The summed E-state index contributed by atoms with van der Waals surface area (Å²) in [4.78, 5) is 2.77. The Bertz CT molecular complexity index is 272. The number of likely N-dealkylation sites (tertiary alicyclic amines) is 1. The molecular weight excluding hydrogens is 232 g/mol. The highest BCUT2D eigenvalue weighted by molar-refractivity contribution is 4.86. The van der Waals surface area contributed by atoms with Crippen LogP contribution in [0.5, 0.6) is 0 Å². The van der Waals surface area contributed by atoms with Gasteiger partial charge in [0, 0.05) is 25.2 Å². The molecule has 2 nitrogen and oxygen atoms in total. The standard InChI is InChI=1S/C17H32N2/c1-14(12-18-17-8-4-5-9-17)19-11-10-15-6-2-3-7-16(15)13-19/h14-18H,2-13H2,1H3. The third kappa shape index (κ3) is 3.52. The summed E-state index contributed by atoms with van der Waals surface area (Å²) < 4.78 is 0. The van der Waals surface area contributed by atoms with Gasteiger partial charge in [-0.3, -0.25) is 4.90 Å². The smallest absolute Gasteiger partial charge is 0.0192 e. The zero-order valence-corrected chi connectivity index (χ0v) is 12.7. The largest absolute Gasteiger partial charge is 0.312 e. The van der Waals surface area contributed by atoms with Crippen molar-refractivity contribution in [2.75, 3.05) is 19.6 Å². The van der Waals surface area contributed by atoms with Crippen molar-refractivity contribution in [2.45, 2.75) is 76.8 Å². The molecule has 1 saturated heterocycles. The number of nitrogens with one attached hydrogen (secondary N) is 1. The second-order valence-corrected chi connectivity index (χ2v) is 7.33. The van der Waals surface area contributed by atoms with Gasteiger partial charge >= 0.3 is 0 Å². The average Bonchev–Trinajstić information content (AvgIpc) is 2.97. The predicted octanol–water partition coefficient (Wildman–Crippen LogP) is 3.42. The summed E-state index contributed by atoms with van der Waals surface area (Å²) in [5.41, 5.74) is 0. The van der Waals surface area contributed by atoms with Crippen LogP contribution < -0.4 is 5.32 Å². The molecule has 3 aliphatic rings. The van der Waals surface area contributed by atoms with Gasteiger partial charge in [-0.1, -0.05) is 32.1 Å². The normalized spacial score (nSPS) is 35.2. The fourth-order valence-corrected chi connectivity index (χ4v) is 4.63. The van der Waals surface area contributed by atoms with Crippen LogP contribution in [0.3, 0.4) is 0 Å². The van der Waals surface area contributed by atoms with Crippen molar-refractivity contribution in [2.24, 2.45) is 11.8 Å². The third-order valence-electron chi connectivity index (χ3n) is 6.00. The van der Waals surface area contributed by atoms with Crippen LogP contribution >= 0.6 is 0 Å². The lowest BCUT2D eigenvalue weighted by Gasteiger charge is -2.43. The van der Waals surface area contributed by atoms with E-state index in [1.807, 2.05) is 0 Å². The van der Waals surface area contributed by atoms with E-state index in [2.05, 4.69) is 17.1 Å². The lowest BCUT2D eigenvalue weighted by molar-refractivity contribution is 0.0609. The zero-order chi connectivity index (χ0) is 13.1. The molecule has 3 unspecified atom stereocenters. The molecule has 3 rings (SSSR count). The molecule has 1 aliphatic heterocycles. The molecule has 1 heterocycles. The van der Waals surface area contributed by atoms with Gasteiger partial charge in [0.15, 0.2) is 0 Å². The van der Waals surface area contributed by atoms with Gasteiger partial charge in [0.05, 0.1) is 0 Å². The maximum atomic E-state index is 3.81. The fourth-order valence-electron chi connectivity index (χ4n) is 4.63. The monoisotopic (exact) mass is 264 g/mol. The highest BCUT2D eigenvalue weighted by Gasteiger charge is 2.32. The van der Waals surface area contributed by atoms with Gasteiger partial charge in [0.25, 0.3) is 0 Å². The summed E-state index contributed by atoms with van der Waals surface area (Å²) in [5, 5.41) is 3.81. The Morgan fingerprint density at radius 3 is 2.42 bits per heavy atom. The number of hydrogen-bond donors (Lipinski definition) is 1. The van der Waals surface area contributed by atoms with Crippen LogP contribution in [0.2, 0.25) is 0 Å². The fraction of sp³-hybridized carbons (Fsp3) is 1.00. The third-order valence-corrected chi connectivity index (χ3v) is 6.00. The van der Waals surface area contributed by atoms with Gasteiger partial charge < -0.3 is 5.32 Å². The molecule has 0 radical (unpaired) electrons. The summed E-state index contributed by atoms with van der Waals surface area (Å²) in [5.74, 6) is 2.09. The molecule has 0 spiro atoms. The van der Waals surface area contributed by atoms with Crippen LogP contribution in [0.4, 0.5) is 0 Å². The molecule has 110 valence electrons. The van der Waals surface area contributed by atoms with Crippen molar-refractivity contribution in [3.05, 3.63) is 0 Å². The topological polar surface area (TPSA) is 15.3 Å². The Balaban J connectivity index is 1.43. The summed E-state index contributed by atoms with van der Waals surface area (Å²) in [7, 11) is 0. The molecule has 0 aromatic rings. The number of hydrogen-bond acceptors (Lipinski definition) is 2. The van der Waals surface area contributed by atoms with E-state index in [4.69, 9.17) is 0 Å². The van der Waals surface area contributed by atoms with Gasteiger partial charge in [0.2, 0.25) is 0 Å². The summed E-state index contributed by atoms with van der Waals surface area (Å²) in [6, 6.07) is 1.57. The molecule has 2 saturated carbocycles. The molecule has 19 heavy (non-hydrogen) atoms. The van der Waals surface area contributed by atoms with E-state index in [1.54, 1.807) is 0 Å². The van der Waals surface area contributed by atoms with Crippen molar-refractivity contribution in [1.29, 1.82) is 0 Å². The van der Waals surface area contributed by atoms with E-state index in [0.29, 0.717) is 0 Å². The van der Waals surface area contributed by atoms with Gasteiger partial charge in [-0.15, -0.1) is 0 Å². The first kappa shape index (κ1) is 13.9. The minimum atomic E-state index is 0.739. The molecule has 2 heteroatoms. The second kappa shape index (κ2) is 6.58. The Labute approximate surface area is 119 Å². The van der Waals surface area contributed by atoms with E-state index < -0.39 is 0 Å². The van der Waals surface area contributed by atoms with Crippen LogP contribution in [0.1, 0.15) is 64.7 Å². The van der Waals surface area contributed by atoms with Crippen LogP contribution in [-0.4, -0.2) is 36.6 Å². The van der Waals surface area contributed by atoms with Gasteiger partial charge in [-0.25, -0.2) is 0 Å². The average molecular weight is 264 g/mol. The highest BCUT2D eigenvalue weighted by Crippen LogP contribution is 2.36. The molecule has 3 fully saturated rings. The quantitative estimate of drug-likeness (QED) is 0.837. The Morgan fingerprint density at radius 2 is 1.63 bits per heavy atom. The van der Waals surface area contributed by atoms with Gasteiger partial charge in [-0.2, -0.15) is 0 Å². The van der Waals surface area contributed by atoms with Crippen molar-refractivity contribution in [3.63, 3.8) is 0 Å². The molecule has 0 aromatic carbocycles. The van der Waals surface area contributed by atoms with E-state index in [0.717, 1.165) is 23.9 Å². The maximum Gasteiger partial charge on any atom is 0.0192 e. The minimum absolute atomic E-state index is 0.739. The lowest BCUT2D eigenvalue weighted by atomic mass is 9.75. The van der Waals surface area contributed by atoms with Crippen molar-refractivity contribution in [3.8, 4) is 0 Å². The summed E-state index contributed by atoms with van der Waals surface area (Å²) in [6.45, 7) is 6.39. The molecule has 0 amide bonds. The molecule has 0 bridgehead atoms. The first-order valence-corrected chi connectivity index (χ1v) is 8.80. The van der Waals surface area contributed by atoms with Gasteiger partial charge in [-0.05, 0) is 51.0 Å². The van der Waals surface area contributed by atoms with Crippen LogP contribution in [0, 0.1) is 11.8 Å². The minimum Gasteiger partial charge on any atom is -0.312 e. The number of rotatable bonds is 4. The van der Waals surface area contributed by atoms with E-state index in [9.17, 15) is 0 Å². The van der Waals surface area contributed by atoms with Crippen LogP contribution in [0.25, 0.3) is 0 Å². The Morgan fingerprint density at radius 1 is 0.947 bits per heavy atom. The molecular formula is C17H32N2. The first-order valence-electron chi connectivity index (χ1n) is 8.80. The van der Waals surface area contributed by atoms with Crippen molar-refractivity contribution >= 4 is 0 Å². The van der Waals surface area contributed by atoms with Crippen molar-refractivity contribution in [1.82, 2.24) is 10.2 Å². The summed E-state index contributed by atoms with van der Waals surface area (Å²) in [6.07, 6.45) is 13.2. The molecule has 0 aromatic heterocycles. The Kier molecular flexibility index (Phi) is 4.81. The Hall–Kier alpha value is -0.0800. The van der Waals surface area contributed by atoms with E-state index in [-0.39, 0.29) is 0 Å². The number of piperidine rings is 1. The van der Waals surface area contributed by atoms with Gasteiger partial charge in [0.1, 0.15) is 0 Å². The summed E-state index contributed by atoms with van der Waals surface area (Å²) >= 11 is 0. The second-order valence-electron chi connectivity index (χ2n) is 7.33. The lowest BCUT2D eigenvalue weighted by Crippen LogP contribution is -2.49.